The number of carbonyl (C=O) groups excluding carboxylic acids is 1. The molecule has 0 heterocycles. The third-order valence-corrected chi connectivity index (χ3v) is 2.86. The smallest absolute Gasteiger partial charge is 0.156 e. The summed E-state index contributed by atoms with van der Waals surface area (Å²) in [4.78, 5) is 12.2. The van der Waals surface area contributed by atoms with E-state index >= 15 is 0 Å². The normalized spacial score (nSPS) is 11.3. The van der Waals surface area contributed by atoms with Gasteiger partial charge in [0.1, 0.15) is 5.75 Å². The molecule has 0 aliphatic carbocycles. The van der Waals surface area contributed by atoms with Crippen molar-refractivity contribution in [3.05, 3.63) is 29.8 Å². The van der Waals surface area contributed by atoms with Gasteiger partial charge in [-0.05, 0) is 26.5 Å². The van der Waals surface area contributed by atoms with Crippen LogP contribution in [-0.4, -0.2) is 25.0 Å². The second-order valence-electron chi connectivity index (χ2n) is 4.57. The van der Waals surface area contributed by atoms with Crippen LogP contribution in [0.5, 0.6) is 5.75 Å². The number of hydrogen-bond acceptors (Lipinski definition) is 3. The van der Waals surface area contributed by atoms with Gasteiger partial charge in [-0.1, -0.05) is 25.1 Å². The Hall–Kier alpha value is -1.35. The van der Waals surface area contributed by atoms with Gasteiger partial charge in [0.25, 0.3) is 0 Å². The maximum atomic E-state index is 12.2. The van der Waals surface area contributed by atoms with E-state index in [9.17, 15) is 4.79 Å². The zero-order chi connectivity index (χ0) is 12.9. The molecule has 3 heteroatoms. The summed E-state index contributed by atoms with van der Waals surface area (Å²) in [6.07, 6.45) is 0.393. The molecule has 0 fully saturated rings. The van der Waals surface area contributed by atoms with Crippen LogP contribution < -0.4 is 10.1 Å². The van der Waals surface area contributed by atoms with Crippen LogP contribution in [-0.2, 0) is 11.2 Å². The lowest BCUT2D eigenvalue weighted by molar-refractivity contribution is -0.123. The Morgan fingerprint density at radius 2 is 2.00 bits per heavy atom. The second-order valence-corrected chi connectivity index (χ2v) is 4.57. The minimum Gasteiger partial charge on any atom is -0.496 e. The summed E-state index contributed by atoms with van der Waals surface area (Å²) in [6, 6.07) is 7.63. The minimum atomic E-state index is -0.490. The highest BCUT2D eigenvalue weighted by atomic mass is 16.5. The zero-order valence-electron chi connectivity index (χ0n) is 11.0. The molecule has 94 valence electrons. The molecule has 0 aromatic heterocycles. The van der Waals surface area contributed by atoms with Crippen molar-refractivity contribution in [1.29, 1.82) is 0 Å². The number of rotatable bonds is 6. The maximum absolute atomic E-state index is 12.2. The standard InChI is InChI=1S/C14H21NO2/c1-5-15-14(2,3)13(16)10-11-8-6-7-9-12(11)17-4/h6-9,15H,5,10H2,1-4H3. The largest absolute Gasteiger partial charge is 0.496 e. The molecule has 0 atom stereocenters. The lowest BCUT2D eigenvalue weighted by Crippen LogP contribution is -2.47. The number of ketones is 1. The van der Waals surface area contributed by atoms with Gasteiger partial charge in [0.2, 0.25) is 0 Å². The SMILES string of the molecule is CCNC(C)(C)C(=O)Cc1ccccc1OC. The Labute approximate surface area is 103 Å². The van der Waals surface area contributed by atoms with E-state index in [-0.39, 0.29) is 5.78 Å². The fourth-order valence-electron chi connectivity index (χ4n) is 1.78. The Balaban J connectivity index is 2.80. The predicted molar refractivity (Wildman–Crippen MR) is 69.5 cm³/mol. The first kappa shape index (κ1) is 13.7. The van der Waals surface area contributed by atoms with E-state index in [1.54, 1.807) is 7.11 Å². The van der Waals surface area contributed by atoms with Crippen molar-refractivity contribution >= 4 is 5.78 Å². The number of ether oxygens (including phenoxy) is 1. The van der Waals surface area contributed by atoms with Crippen LogP contribution in [0.15, 0.2) is 24.3 Å². The molecule has 0 unspecified atom stereocenters. The van der Waals surface area contributed by atoms with Gasteiger partial charge in [0, 0.05) is 12.0 Å². The monoisotopic (exact) mass is 235 g/mol. The summed E-state index contributed by atoms with van der Waals surface area (Å²) >= 11 is 0. The number of methoxy groups -OCH3 is 1. The minimum absolute atomic E-state index is 0.170. The number of Topliss-reactive ketones (excluding diaryl/α,β-unsaturated/α-hetero) is 1. The third-order valence-electron chi connectivity index (χ3n) is 2.86. The Morgan fingerprint density at radius 1 is 1.35 bits per heavy atom. The molecule has 1 N–H and O–H groups in total. The fourth-order valence-corrected chi connectivity index (χ4v) is 1.78. The third kappa shape index (κ3) is 3.56. The van der Waals surface area contributed by atoms with E-state index in [0.717, 1.165) is 17.9 Å². The lowest BCUT2D eigenvalue weighted by Gasteiger charge is -2.24. The van der Waals surface area contributed by atoms with Crippen LogP contribution in [0.3, 0.4) is 0 Å². The topological polar surface area (TPSA) is 38.3 Å². The van der Waals surface area contributed by atoms with Crippen molar-refractivity contribution in [2.75, 3.05) is 13.7 Å². The van der Waals surface area contributed by atoms with Crippen molar-refractivity contribution in [3.8, 4) is 5.75 Å². The molecular formula is C14H21NO2. The van der Waals surface area contributed by atoms with Gasteiger partial charge in [-0.25, -0.2) is 0 Å². The quantitative estimate of drug-likeness (QED) is 0.821. The van der Waals surface area contributed by atoms with Crippen molar-refractivity contribution in [2.45, 2.75) is 32.7 Å². The van der Waals surface area contributed by atoms with E-state index in [1.807, 2.05) is 45.0 Å². The predicted octanol–water partition coefficient (Wildman–Crippen LogP) is 2.19. The van der Waals surface area contributed by atoms with Gasteiger partial charge in [-0.3, -0.25) is 4.79 Å². The van der Waals surface area contributed by atoms with Crippen LogP contribution in [0.1, 0.15) is 26.3 Å². The highest BCUT2D eigenvalue weighted by molar-refractivity contribution is 5.89. The summed E-state index contributed by atoms with van der Waals surface area (Å²) in [5, 5.41) is 3.19. The molecule has 0 aliphatic heterocycles. The van der Waals surface area contributed by atoms with Gasteiger partial charge in [0.05, 0.1) is 12.6 Å². The molecule has 0 saturated carbocycles. The first-order valence-corrected chi connectivity index (χ1v) is 5.91. The Morgan fingerprint density at radius 3 is 2.59 bits per heavy atom. The van der Waals surface area contributed by atoms with Gasteiger partial charge in [-0.2, -0.15) is 0 Å². The number of hydrogen-bond donors (Lipinski definition) is 1. The van der Waals surface area contributed by atoms with Gasteiger partial charge >= 0.3 is 0 Å². The highest BCUT2D eigenvalue weighted by Gasteiger charge is 2.26. The Kier molecular flexibility index (Phi) is 4.70. The molecule has 1 aromatic rings. The number of para-hydroxylation sites is 1. The van der Waals surface area contributed by atoms with E-state index in [1.165, 1.54) is 0 Å². The van der Waals surface area contributed by atoms with Crippen molar-refractivity contribution in [1.82, 2.24) is 5.32 Å². The molecule has 0 amide bonds. The lowest BCUT2D eigenvalue weighted by atomic mass is 9.93. The number of carbonyl (C=O) groups is 1. The fraction of sp³-hybridized carbons (Fsp3) is 0.500. The first-order valence-electron chi connectivity index (χ1n) is 5.91. The molecule has 0 bridgehead atoms. The molecule has 0 aliphatic rings. The van der Waals surface area contributed by atoms with Gasteiger partial charge in [0.15, 0.2) is 5.78 Å². The van der Waals surface area contributed by atoms with E-state index in [2.05, 4.69) is 5.32 Å². The second kappa shape index (κ2) is 5.82. The van der Waals surface area contributed by atoms with Crippen molar-refractivity contribution in [3.63, 3.8) is 0 Å². The summed E-state index contributed by atoms with van der Waals surface area (Å²) in [5.74, 6) is 0.942. The molecular weight excluding hydrogens is 214 g/mol. The average Bonchev–Trinajstić information content (AvgIpc) is 2.29. The van der Waals surface area contributed by atoms with Crippen molar-refractivity contribution < 1.29 is 9.53 Å². The Bertz CT molecular complexity index is 386. The van der Waals surface area contributed by atoms with Crippen LogP contribution in [0.4, 0.5) is 0 Å². The van der Waals surface area contributed by atoms with E-state index in [0.29, 0.717) is 6.42 Å². The number of nitrogens with one attached hydrogen (secondary N) is 1. The zero-order valence-corrected chi connectivity index (χ0v) is 11.0. The molecule has 0 saturated heterocycles. The van der Waals surface area contributed by atoms with Crippen molar-refractivity contribution in [2.24, 2.45) is 0 Å². The molecule has 0 spiro atoms. The van der Waals surface area contributed by atoms with Crippen LogP contribution >= 0.6 is 0 Å². The van der Waals surface area contributed by atoms with E-state index in [4.69, 9.17) is 4.74 Å². The molecule has 1 rings (SSSR count). The molecule has 3 nitrogen and oxygen atoms in total. The first-order chi connectivity index (χ1) is 8.01. The van der Waals surface area contributed by atoms with Crippen LogP contribution in [0, 0.1) is 0 Å². The molecule has 17 heavy (non-hydrogen) atoms. The van der Waals surface area contributed by atoms with E-state index < -0.39 is 5.54 Å². The van der Waals surface area contributed by atoms with Gasteiger partial charge in [-0.15, -0.1) is 0 Å². The highest BCUT2D eigenvalue weighted by Crippen LogP contribution is 2.20. The maximum Gasteiger partial charge on any atom is 0.156 e. The molecule has 1 aromatic carbocycles. The van der Waals surface area contributed by atoms with Crippen LogP contribution in [0.2, 0.25) is 0 Å². The summed E-state index contributed by atoms with van der Waals surface area (Å²) in [6.45, 7) is 6.60. The number of likely N-dealkylation sites (N-methyl/N-ethyl adjacent to an activating group) is 1. The summed E-state index contributed by atoms with van der Waals surface area (Å²) in [7, 11) is 1.62. The average molecular weight is 235 g/mol. The molecule has 0 radical (unpaired) electrons. The number of benzene rings is 1. The van der Waals surface area contributed by atoms with Crippen LogP contribution in [0.25, 0.3) is 0 Å². The van der Waals surface area contributed by atoms with Gasteiger partial charge < -0.3 is 10.1 Å². The summed E-state index contributed by atoms with van der Waals surface area (Å²) < 4.78 is 5.25. The summed E-state index contributed by atoms with van der Waals surface area (Å²) in [5.41, 5.74) is 0.446.